The van der Waals surface area contributed by atoms with Crippen LogP contribution in [-0.4, -0.2) is 47.8 Å². The van der Waals surface area contributed by atoms with Crippen LogP contribution in [0.3, 0.4) is 0 Å². The van der Waals surface area contributed by atoms with Crippen LogP contribution >= 0.6 is 11.6 Å². The minimum Gasteiger partial charge on any atom is -0.322 e. The number of amides is 2. The molecule has 0 spiro atoms. The summed E-state index contributed by atoms with van der Waals surface area (Å²) in [7, 11) is 0. The molecular formula is C26H26ClN3O2. The molecule has 0 radical (unpaired) electrons. The van der Waals surface area contributed by atoms with Gasteiger partial charge in [0.15, 0.2) is 5.78 Å². The zero-order valence-electron chi connectivity index (χ0n) is 18.0. The van der Waals surface area contributed by atoms with Gasteiger partial charge in [-0.25, -0.2) is 4.79 Å². The average Bonchev–Trinajstić information content (AvgIpc) is 2.82. The van der Waals surface area contributed by atoms with Gasteiger partial charge in [0.1, 0.15) is 0 Å². The molecule has 2 amide bonds. The third kappa shape index (κ3) is 5.18. The number of benzene rings is 3. The number of nitrogens with zero attached hydrogens (tertiary/aromatic N) is 2. The normalized spacial score (nSPS) is 15.2. The van der Waals surface area contributed by atoms with E-state index in [1.807, 2.05) is 23.1 Å². The zero-order chi connectivity index (χ0) is 22.5. The maximum absolute atomic E-state index is 12.8. The first-order chi connectivity index (χ1) is 15.5. The van der Waals surface area contributed by atoms with E-state index in [4.69, 9.17) is 11.6 Å². The summed E-state index contributed by atoms with van der Waals surface area (Å²) in [6.45, 7) is 4.26. The SMILES string of the molecule is CC(=O)c1cccc(NC(=O)N2CCN(C(c3ccccc3)c3ccc(Cl)cc3)CC2)c1. The van der Waals surface area contributed by atoms with Crippen molar-refractivity contribution in [2.45, 2.75) is 13.0 Å². The number of urea groups is 1. The van der Waals surface area contributed by atoms with Gasteiger partial charge in [-0.05, 0) is 42.3 Å². The van der Waals surface area contributed by atoms with Crippen LogP contribution in [0.5, 0.6) is 0 Å². The van der Waals surface area contributed by atoms with Crippen molar-refractivity contribution >= 4 is 29.1 Å². The summed E-state index contributed by atoms with van der Waals surface area (Å²) in [6.07, 6.45) is 0. The minimum atomic E-state index is -0.145. The Bertz CT molecular complexity index is 1080. The van der Waals surface area contributed by atoms with E-state index in [0.717, 1.165) is 18.1 Å². The van der Waals surface area contributed by atoms with E-state index in [1.165, 1.54) is 18.1 Å². The molecule has 164 valence electrons. The molecule has 1 N–H and O–H groups in total. The molecule has 5 nitrogen and oxygen atoms in total. The van der Waals surface area contributed by atoms with E-state index < -0.39 is 0 Å². The van der Waals surface area contributed by atoms with Crippen molar-refractivity contribution in [3.63, 3.8) is 0 Å². The molecule has 3 aromatic rings. The van der Waals surface area contributed by atoms with E-state index >= 15 is 0 Å². The smallest absolute Gasteiger partial charge is 0.321 e. The zero-order valence-corrected chi connectivity index (χ0v) is 18.8. The first kappa shape index (κ1) is 22.1. The molecule has 6 heteroatoms. The van der Waals surface area contributed by atoms with Gasteiger partial charge in [0, 0.05) is 42.5 Å². The Balaban J connectivity index is 1.45. The predicted octanol–water partition coefficient (Wildman–Crippen LogP) is 5.48. The van der Waals surface area contributed by atoms with Crippen LogP contribution in [0.15, 0.2) is 78.9 Å². The number of anilines is 1. The highest BCUT2D eigenvalue weighted by Crippen LogP contribution is 2.30. The highest BCUT2D eigenvalue weighted by molar-refractivity contribution is 6.30. The van der Waals surface area contributed by atoms with Gasteiger partial charge in [-0.15, -0.1) is 0 Å². The summed E-state index contributed by atoms with van der Waals surface area (Å²) in [5.41, 5.74) is 3.61. The van der Waals surface area contributed by atoms with Gasteiger partial charge in [-0.1, -0.05) is 66.2 Å². The molecule has 0 aromatic heterocycles. The number of piperazine rings is 1. The lowest BCUT2D eigenvalue weighted by atomic mass is 9.96. The summed E-state index contributed by atoms with van der Waals surface area (Å²) in [5, 5.41) is 3.64. The maximum atomic E-state index is 12.8. The summed E-state index contributed by atoms with van der Waals surface area (Å²) in [4.78, 5) is 28.6. The standard InChI is InChI=1S/C26H26ClN3O2/c1-19(31)22-8-5-9-24(18-22)28-26(32)30-16-14-29(15-17-30)25(20-6-3-2-4-7-20)21-10-12-23(27)13-11-21/h2-13,18,25H,14-17H2,1H3,(H,28,32). The van der Waals surface area contributed by atoms with Crippen LogP contribution in [0.2, 0.25) is 5.02 Å². The number of ketones is 1. The first-order valence-electron chi connectivity index (χ1n) is 10.7. The Hall–Kier alpha value is -3.15. The monoisotopic (exact) mass is 447 g/mol. The van der Waals surface area contributed by atoms with E-state index in [1.54, 1.807) is 24.3 Å². The molecule has 1 aliphatic rings. The molecular weight excluding hydrogens is 422 g/mol. The minimum absolute atomic E-state index is 0.0242. The number of Topliss-reactive ketones (excluding diaryl/α,β-unsaturated/α-hetero) is 1. The second-order valence-corrected chi connectivity index (χ2v) is 8.39. The van der Waals surface area contributed by atoms with Crippen molar-refractivity contribution < 1.29 is 9.59 Å². The predicted molar refractivity (Wildman–Crippen MR) is 128 cm³/mol. The first-order valence-corrected chi connectivity index (χ1v) is 11.1. The Labute approximate surface area is 193 Å². The Morgan fingerprint density at radius 1 is 0.844 bits per heavy atom. The summed E-state index contributed by atoms with van der Waals surface area (Å²) in [5.74, 6) is -0.0242. The van der Waals surface area contributed by atoms with Crippen LogP contribution in [0.4, 0.5) is 10.5 Å². The molecule has 1 aliphatic heterocycles. The van der Waals surface area contributed by atoms with Crippen LogP contribution in [0.25, 0.3) is 0 Å². The van der Waals surface area contributed by atoms with Gasteiger partial charge in [0.2, 0.25) is 0 Å². The van der Waals surface area contributed by atoms with Crippen molar-refractivity contribution in [1.29, 1.82) is 0 Å². The molecule has 32 heavy (non-hydrogen) atoms. The van der Waals surface area contributed by atoms with Gasteiger partial charge >= 0.3 is 6.03 Å². The Morgan fingerprint density at radius 2 is 1.50 bits per heavy atom. The van der Waals surface area contributed by atoms with Crippen molar-refractivity contribution in [3.8, 4) is 0 Å². The second-order valence-electron chi connectivity index (χ2n) is 7.95. The fraction of sp³-hybridized carbons (Fsp3) is 0.231. The number of nitrogens with one attached hydrogen (secondary N) is 1. The highest BCUT2D eigenvalue weighted by Gasteiger charge is 2.28. The van der Waals surface area contributed by atoms with Crippen LogP contribution < -0.4 is 5.32 Å². The summed E-state index contributed by atoms with van der Waals surface area (Å²) >= 11 is 6.11. The number of rotatable bonds is 5. The third-order valence-corrected chi connectivity index (χ3v) is 6.04. The van der Waals surface area contributed by atoms with Crippen LogP contribution in [-0.2, 0) is 0 Å². The summed E-state index contributed by atoms with van der Waals surface area (Å²) < 4.78 is 0. The molecule has 4 rings (SSSR count). The van der Waals surface area contributed by atoms with Crippen molar-refractivity contribution in [1.82, 2.24) is 9.80 Å². The molecule has 1 saturated heterocycles. The molecule has 3 aromatic carbocycles. The molecule has 1 heterocycles. The molecule has 1 atom stereocenters. The Morgan fingerprint density at radius 3 is 2.16 bits per heavy atom. The van der Waals surface area contributed by atoms with E-state index in [9.17, 15) is 9.59 Å². The largest absolute Gasteiger partial charge is 0.322 e. The van der Waals surface area contributed by atoms with Crippen LogP contribution in [0.1, 0.15) is 34.5 Å². The quantitative estimate of drug-likeness (QED) is 0.527. The summed E-state index contributed by atoms with van der Waals surface area (Å²) in [6, 6.07) is 25.4. The van der Waals surface area contributed by atoms with E-state index in [-0.39, 0.29) is 17.9 Å². The molecule has 0 aliphatic carbocycles. The lowest BCUT2D eigenvalue weighted by Crippen LogP contribution is -2.51. The van der Waals surface area contributed by atoms with Crippen molar-refractivity contribution in [2.24, 2.45) is 0 Å². The van der Waals surface area contributed by atoms with Gasteiger partial charge in [0.05, 0.1) is 6.04 Å². The maximum Gasteiger partial charge on any atom is 0.321 e. The van der Waals surface area contributed by atoms with Gasteiger partial charge in [-0.2, -0.15) is 0 Å². The lowest BCUT2D eigenvalue weighted by molar-refractivity contribution is 0.101. The number of carbonyl (C=O) groups excluding carboxylic acids is 2. The molecule has 0 bridgehead atoms. The van der Waals surface area contributed by atoms with Crippen LogP contribution in [0, 0.1) is 0 Å². The average molecular weight is 448 g/mol. The van der Waals surface area contributed by atoms with Gasteiger partial charge in [-0.3, -0.25) is 9.69 Å². The number of hydrogen-bond donors (Lipinski definition) is 1. The Kier molecular flexibility index (Phi) is 6.88. The number of halogens is 1. The van der Waals surface area contributed by atoms with E-state index in [0.29, 0.717) is 24.3 Å². The highest BCUT2D eigenvalue weighted by atomic mass is 35.5. The number of hydrogen-bond acceptors (Lipinski definition) is 3. The molecule has 1 fully saturated rings. The third-order valence-electron chi connectivity index (χ3n) is 5.79. The van der Waals surface area contributed by atoms with E-state index in [2.05, 4.69) is 46.6 Å². The second kappa shape index (κ2) is 9.98. The topological polar surface area (TPSA) is 52.7 Å². The lowest BCUT2D eigenvalue weighted by Gasteiger charge is -2.39. The van der Waals surface area contributed by atoms with Gasteiger partial charge < -0.3 is 10.2 Å². The molecule has 1 unspecified atom stereocenters. The van der Waals surface area contributed by atoms with Gasteiger partial charge in [0.25, 0.3) is 0 Å². The number of carbonyl (C=O) groups is 2. The fourth-order valence-corrected chi connectivity index (χ4v) is 4.22. The molecule has 0 saturated carbocycles. The fourth-order valence-electron chi connectivity index (χ4n) is 4.10. The van der Waals surface area contributed by atoms with Crippen molar-refractivity contribution in [2.75, 3.05) is 31.5 Å². The van der Waals surface area contributed by atoms with Crippen molar-refractivity contribution in [3.05, 3.63) is 101 Å².